The first-order valence-corrected chi connectivity index (χ1v) is 5.60. The summed E-state index contributed by atoms with van der Waals surface area (Å²) in [4.78, 5) is 0. The van der Waals surface area contributed by atoms with E-state index in [2.05, 4.69) is 26.8 Å². The van der Waals surface area contributed by atoms with E-state index >= 15 is 0 Å². The molecule has 0 radical (unpaired) electrons. The molecule has 2 heteroatoms. The van der Waals surface area contributed by atoms with Crippen LogP contribution in [0.3, 0.4) is 0 Å². The number of ether oxygens (including phenoxy) is 1. The van der Waals surface area contributed by atoms with Gasteiger partial charge in [-0.2, -0.15) is 0 Å². The Morgan fingerprint density at radius 1 is 1.27 bits per heavy atom. The number of fused-ring (bicyclic) bond motifs is 1. The smallest absolute Gasteiger partial charge is 0.127 e. The first kappa shape index (κ1) is 10.5. The molecule has 0 spiro atoms. The number of hydrogen-bond acceptors (Lipinski definition) is 2. The molecule has 1 aliphatic heterocycles. The Hall–Kier alpha value is -1.02. The van der Waals surface area contributed by atoms with Gasteiger partial charge >= 0.3 is 0 Å². The largest absolute Gasteiger partial charge is 0.493 e. The first-order valence-electron chi connectivity index (χ1n) is 5.60. The van der Waals surface area contributed by atoms with Gasteiger partial charge in [-0.15, -0.1) is 0 Å². The number of benzene rings is 1. The molecule has 1 atom stereocenters. The Balaban J connectivity index is 2.63. The molecule has 2 nitrogen and oxygen atoms in total. The zero-order valence-corrected chi connectivity index (χ0v) is 9.76. The quantitative estimate of drug-likeness (QED) is 0.707. The maximum atomic E-state index is 6.19. The second kappa shape index (κ2) is 3.86. The molecule has 82 valence electrons. The fourth-order valence-electron chi connectivity index (χ4n) is 2.34. The molecule has 2 rings (SSSR count). The van der Waals surface area contributed by atoms with E-state index in [4.69, 9.17) is 10.5 Å². The minimum Gasteiger partial charge on any atom is -0.493 e. The maximum Gasteiger partial charge on any atom is 0.127 e. The normalized spacial score (nSPS) is 20.4. The van der Waals surface area contributed by atoms with Crippen LogP contribution in [-0.2, 0) is 0 Å². The molecule has 0 saturated carbocycles. The van der Waals surface area contributed by atoms with Gasteiger partial charge in [0.25, 0.3) is 0 Å². The summed E-state index contributed by atoms with van der Waals surface area (Å²) in [5.41, 5.74) is 11.2. The van der Waals surface area contributed by atoms with E-state index in [0.29, 0.717) is 0 Å². The highest BCUT2D eigenvalue weighted by atomic mass is 16.5. The molecule has 0 amide bonds. The molecular weight excluding hydrogens is 186 g/mol. The Morgan fingerprint density at radius 2 is 2.00 bits per heavy atom. The predicted octanol–water partition coefficient (Wildman–Crippen LogP) is 2.78. The van der Waals surface area contributed by atoms with E-state index < -0.39 is 0 Å². The molecule has 1 aromatic rings. The Bertz CT molecular complexity index is 385. The van der Waals surface area contributed by atoms with Crippen LogP contribution in [0.5, 0.6) is 5.75 Å². The molecule has 1 unspecified atom stereocenters. The monoisotopic (exact) mass is 205 g/mol. The SMILES string of the molecule is Cc1cc(C)c2c(c1C)OCCCC2N. The summed E-state index contributed by atoms with van der Waals surface area (Å²) in [6.07, 6.45) is 2.07. The molecular formula is C13H19NO. The van der Waals surface area contributed by atoms with Gasteiger partial charge in [0.1, 0.15) is 5.75 Å². The highest BCUT2D eigenvalue weighted by Crippen LogP contribution is 2.36. The molecule has 1 heterocycles. The second-order valence-electron chi connectivity index (χ2n) is 4.48. The van der Waals surface area contributed by atoms with Crippen molar-refractivity contribution in [3.63, 3.8) is 0 Å². The topological polar surface area (TPSA) is 35.2 Å². The number of rotatable bonds is 0. The molecule has 1 aromatic carbocycles. The van der Waals surface area contributed by atoms with Crippen molar-refractivity contribution in [2.45, 2.75) is 39.7 Å². The minimum absolute atomic E-state index is 0.141. The Kier molecular flexibility index (Phi) is 2.70. The van der Waals surface area contributed by atoms with Gasteiger partial charge < -0.3 is 10.5 Å². The van der Waals surface area contributed by atoms with Crippen molar-refractivity contribution < 1.29 is 4.74 Å². The van der Waals surface area contributed by atoms with Gasteiger partial charge in [-0.05, 0) is 50.3 Å². The van der Waals surface area contributed by atoms with Crippen molar-refractivity contribution in [3.05, 3.63) is 28.3 Å². The van der Waals surface area contributed by atoms with Gasteiger partial charge in [0.05, 0.1) is 6.61 Å². The molecule has 15 heavy (non-hydrogen) atoms. The van der Waals surface area contributed by atoms with Crippen LogP contribution in [0.25, 0.3) is 0 Å². The van der Waals surface area contributed by atoms with Crippen LogP contribution >= 0.6 is 0 Å². The fraction of sp³-hybridized carbons (Fsp3) is 0.538. The summed E-state index contributed by atoms with van der Waals surface area (Å²) >= 11 is 0. The van der Waals surface area contributed by atoms with Gasteiger partial charge in [-0.1, -0.05) is 6.07 Å². The average molecular weight is 205 g/mol. The van der Waals surface area contributed by atoms with Gasteiger partial charge in [0.15, 0.2) is 0 Å². The summed E-state index contributed by atoms with van der Waals surface area (Å²) in [5, 5.41) is 0. The van der Waals surface area contributed by atoms with Gasteiger partial charge in [-0.3, -0.25) is 0 Å². The Labute approximate surface area is 91.4 Å². The molecule has 2 N–H and O–H groups in total. The van der Waals surface area contributed by atoms with Crippen LogP contribution in [-0.4, -0.2) is 6.61 Å². The third-order valence-electron chi connectivity index (χ3n) is 3.31. The molecule has 0 aromatic heterocycles. The van der Waals surface area contributed by atoms with E-state index in [0.717, 1.165) is 25.2 Å². The third kappa shape index (κ3) is 1.74. The molecule has 0 bridgehead atoms. The predicted molar refractivity (Wildman–Crippen MR) is 62.3 cm³/mol. The summed E-state index contributed by atoms with van der Waals surface area (Å²) in [6, 6.07) is 2.35. The zero-order chi connectivity index (χ0) is 11.0. The minimum atomic E-state index is 0.141. The van der Waals surface area contributed by atoms with Crippen LogP contribution in [0.4, 0.5) is 0 Å². The van der Waals surface area contributed by atoms with Crippen molar-refractivity contribution in [3.8, 4) is 5.75 Å². The van der Waals surface area contributed by atoms with Gasteiger partial charge in [-0.25, -0.2) is 0 Å². The van der Waals surface area contributed by atoms with Gasteiger partial charge in [0, 0.05) is 11.6 Å². The lowest BCUT2D eigenvalue weighted by molar-refractivity contribution is 0.314. The molecule has 0 saturated heterocycles. The number of hydrogen-bond donors (Lipinski definition) is 1. The highest BCUT2D eigenvalue weighted by molar-refractivity contribution is 5.51. The fourth-order valence-corrected chi connectivity index (χ4v) is 2.34. The van der Waals surface area contributed by atoms with Crippen molar-refractivity contribution in [2.24, 2.45) is 5.73 Å². The lowest BCUT2D eigenvalue weighted by Gasteiger charge is -2.18. The highest BCUT2D eigenvalue weighted by Gasteiger charge is 2.21. The summed E-state index contributed by atoms with van der Waals surface area (Å²) < 4.78 is 5.83. The maximum absolute atomic E-state index is 6.19. The van der Waals surface area contributed by atoms with E-state index in [1.807, 2.05) is 0 Å². The van der Waals surface area contributed by atoms with Crippen LogP contribution in [0.15, 0.2) is 6.07 Å². The first-order chi connectivity index (χ1) is 7.11. The van der Waals surface area contributed by atoms with Crippen molar-refractivity contribution in [1.29, 1.82) is 0 Å². The number of nitrogens with two attached hydrogens (primary N) is 1. The Morgan fingerprint density at radius 3 is 2.73 bits per heavy atom. The second-order valence-corrected chi connectivity index (χ2v) is 4.48. The van der Waals surface area contributed by atoms with Crippen LogP contribution in [0, 0.1) is 20.8 Å². The molecule has 0 aliphatic carbocycles. The van der Waals surface area contributed by atoms with Crippen LogP contribution in [0.2, 0.25) is 0 Å². The molecule has 1 aliphatic rings. The average Bonchev–Trinajstić information content (AvgIpc) is 2.37. The van der Waals surface area contributed by atoms with E-state index in [1.165, 1.54) is 22.3 Å². The summed E-state index contributed by atoms with van der Waals surface area (Å²) in [5.74, 6) is 1.04. The van der Waals surface area contributed by atoms with Crippen molar-refractivity contribution in [1.82, 2.24) is 0 Å². The zero-order valence-electron chi connectivity index (χ0n) is 9.76. The van der Waals surface area contributed by atoms with E-state index in [-0.39, 0.29) is 6.04 Å². The summed E-state index contributed by atoms with van der Waals surface area (Å²) in [6.45, 7) is 7.16. The van der Waals surface area contributed by atoms with E-state index in [1.54, 1.807) is 0 Å². The van der Waals surface area contributed by atoms with Gasteiger partial charge in [0.2, 0.25) is 0 Å². The van der Waals surface area contributed by atoms with E-state index in [9.17, 15) is 0 Å². The lowest BCUT2D eigenvalue weighted by atomic mass is 9.93. The van der Waals surface area contributed by atoms with Crippen molar-refractivity contribution in [2.75, 3.05) is 6.61 Å². The molecule has 0 fully saturated rings. The number of aryl methyl sites for hydroxylation is 2. The van der Waals surface area contributed by atoms with Crippen LogP contribution in [0.1, 0.15) is 41.1 Å². The van der Waals surface area contributed by atoms with Crippen LogP contribution < -0.4 is 10.5 Å². The lowest BCUT2D eigenvalue weighted by Crippen LogP contribution is -2.11. The third-order valence-corrected chi connectivity index (χ3v) is 3.31. The summed E-state index contributed by atoms with van der Waals surface area (Å²) in [7, 11) is 0. The van der Waals surface area contributed by atoms with Crippen molar-refractivity contribution >= 4 is 0 Å². The standard InChI is InChI=1S/C13H19NO/c1-8-7-9(2)12-11(14)5-4-6-15-13(12)10(8)3/h7,11H,4-6,14H2,1-3H3.